The molecule has 1 saturated heterocycles. The van der Waals surface area contributed by atoms with E-state index in [1.807, 2.05) is 29.2 Å². The molecule has 0 radical (unpaired) electrons. The van der Waals surface area contributed by atoms with Crippen LogP contribution in [0.25, 0.3) is 11.0 Å². The van der Waals surface area contributed by atoms with Crippen molar-refractivity contribution in [3.63, 3.8) is 0 Å². The molecule has 1 aliphatic carbocycles. The van der Waals surface area contributed by atoms with Crippen LogP contribution in [0.1, 0.15) is 32.1 Å². The molecule has 27 heavy (non-hydrogen) atoms. The van der Waals surface area contributed by atoms with Crippen molar-refractivity contribution >= 4 is 29.3 Å². The van der Waals surface area contributed by atoms with Crippen molar-refractivity contribution in [1.29, 1.82) is 0 Å². The molecule has 1 aliphatic heterocycles. The molecule has 1 aromatic carbocycles. The molecule has 148 valence electrons. The summed E-state index contributed by atoms with van der Waals surface area (Å²) < 4.78 is 3.37. The summed E-state index contributed by atoms with van der Waals surface area (Å²) in [6.07, 6.45) is 5.20. The number of fused-ring (bicyclic) bond motifs is 1. The van der Waals surface area contributed by atoms with Gasteiger partial charge in [-0.1, -0.05) is 12.1 Å². The predicted octanol–water partition coefficient (Wildman–Crippen LogP) is 2.14. The molecular formula is C20H29ClN4O2. The van der Waals surface area contributed by atoms with E-state index in [4.69, 9.17) is 0 Å². The molecule has 2 heterocycles. The zero-order valence-electron chi connectivity index (χ0n) is 15.9. The molecule has 1 saturated carbocycles. The summed E-state index contributed by atoms with van der Waals surface area (Å²) in [5.74, 6) is 1.05. The highest BCUT2D eigenvalue weighted by molar-refractivity contribution is 5.85. The fourth-order valence-electron chi connectivity index (χ4n) is 3.93. The lowest BCUT2D eigenvalue weighted by Crippen LogP contribution is -2.45. The van der Waals surface area contributed by atoms with Crippen LogP contribution in [0.4, 0.5) is 0 Å². The average molecular weight is 393 g/mol. The van der Waals surface area contributed by atoms with Crippen molar-refractivity contribution in [2.24, 2.45) is 13.0 Å². The molecule has 4 rings (SSSR count). The largest absolute Gasteiger partial charge is 0.343 e. The van der Waals surface area contributed by atoms with Crippen molar-refractivity contribution in [3.8, 4) is 0 Å². The summed E-state index contributed by atoms with van der Waals surface area (Å²) in [5, 5.41) is 3.65. The number of nitrogens with one attached hydrogen (secondary N) is 1. The fraction of sp³-hybridized carbons (Fsp3) is 0.600. The molecule has 2 fully saturated rings. The molecule has 1 N–H and O–H groups in total. The van der Waals surface area contributed by atoms with E-state index in [-0.39, 0.29) is 24.0 Å². The quantitative estimate of drug-likeness (QED) is 0.819. The lowest BCUT2D eigenvalue weighted by atomic mass is 10.0. The van der Waals surface area contributed by atoms with E-state index in [0.717, 1.165) is 49.4 Å². The minimum Gasteiger partial charge on any atom is -0.343 e. The van der Waals surface area contributed by atoms with Gasteiger partial charge in [0, 0.05) is 39.1 Å². The maximum atomic E-state index is 12.6. The van der Waals surface area contributed by atoms with Gasteiger partial charge in [0.1, 0.15) is 0 Å². The Morgan fingerprint density at radius 1 is 1.11 bits per heavy atom. The molecule has 2 aliphatic rings. The number of likely N-dealkylation sites (tertiary alicyclic amines) is 1. The number of carbonyl (C=O) groups excluding carboxylic acids is 1. The number of hydrogen-bond donors (Lipinski definition) is 1. The maximum absolute atomic E-state index is 12.6. The Morgan fingerprint density at radius 2 is 1.78 bits per heavy atom. The number of aromatic nitrogens is 2. The molecule has 1 amide bonds. The first-order valence-corrected chi connectivity index (χ1v) is 9.79. The van der Waals surface area contributed by atoms with Gasteiger partial charge in [0.2, 0.25) is 5.91 Å². The van der Waals surface area contributed by atoms with Crippen LogP contribution in [0.2, 0.25) is 0 Å². The highest BCUT2D eigenvalue weighted by Crippen LogP contribution is 2.28. The summed E-state index contributed by atoms with van der Waals surface area (Å²) in [5.41, 5.74) is 1.75. The van der Waals surface area contributed by atoms with Gasteiger partial charge in [0.15, 0.2) is 0 Å². The van der Waals surface area contributed by atoms with Gasteiger partial charge in [-0.05, 0) is 50.3 Å². The zero-order valence-corrected chi connectivity index (χ0v) is 16.7. The highest BCUT2D eigenvalue weighted by Gasteiger charge is 2.26. The Hall–Kier alpha value is -1.79. The third-order valence-electron chi connectivity index (χ3n) is 5.84. The number of amides is 1. The minimum absolute atomic E-state index is 0. The first-order valence-electron chi connectivity index (χ1n) is 9.79. The van der Waals surface area contributed by atoms with E-state index in [0.29, 0.717) is 19.0 Å². The van der Waals surface area contributed by atoms with E-state index < -0.39 is 0 Å². The van der Waals surface area contributed by atoms with Crippen molar-refractivity contribution in [1.82, 2.24) is 19.4 Å². The number of halogens is 1. The molecule has 7 heteroatoms. The first-order chi connectivity index (χ1) is 12.6. The van der Waals surface area contributed by atoms with Gasteiger partial charge in [-0.2, -0.15) is 0 Å². The Kier molecular flexibility index (Phi) is 6.27. The van der Waals surface area contributed by atoms with E-state index in [1.54, 1.807) is 16.2 Å². The van der Waals surface area contributed by atoms with Crippen molar-refractivity contribution in [2.45, 2.75) is 44.7 Å². The normalized spacial score (nSPS) is 17.9. The second kappa shape index (κ2) is 8.48. The summed E-state index contributed by atoms with van der Waals surface area (Å²) >= 11 is 0. The molecule has 6 nitrogen and oxygen atoms in total. The molecule has 1 aromatic heterocycles. The Balaban J connectivity index is 0.00000210. The smallest absolute Gasteiger partial charge is 0.328 e. The summed E-state index contributed by atoms with van der Waals surface area (Å²) in [4.78, 5) is 27.0. The first kappa shape index (κ1) is 20.0. The lowest BCUT2D eigenvalue weighted by Gasteiger charge is -2.32. The third-order valence-corrected chi connectivity index (χ3v) is 5.84. The molecule has 0 bridgehead atoms. The average Bonchev–Trinajstić information content (AvgIpc) is 3.47. The van der Waals surface area contributed by atoms with Gasteiger partial charge in [0.05, 0.1) is 11.0 Å². The van der Waals surface area contributed by atoms with Gasteiger partial charge in [-0.3, -0.25) is 13.9 Å². The van der Waals surface area contributed by atoms with E-state index in [1.165, 1.54) is 12.8 Å². The van der Waals surface area contributed by atoms with Crippen LogP contribution in [0, 0.1) is 5.92 Å². The number of benzene rings is 1. The number of imidazole rings is 1. The minimum atomic E-state index is -0.0537. The van der Waals surface area contributed by atoms with E-state index in [9.17, 15) is 9.59 Å². The molecule has 0 atom stereocenters. The number of hydrogen-bond acceptors (Lipinski definition) is 3. The predicted molar refractivity (Wildman–Crippen MR) is 109 cm³/mol. The van der Waals surface area contributed by atoms with Crippen molar-refractivity contribution in [3.05, 3.63) is 34.7 Å². The summed E-state index contributed by atoms with van der Waals surface area (Å²) in [6, 6.07) is 8.30. The van der Waals surface area contributed by atoms with Crippen molar-refractivity contribution in [2.75, 3.05) is 19.6 Å². The topological polar surface area (TPSA) is 59.3 Å². The number of rotatable bonds is 6. The summed E-state index contributed by atoms with van der Waals surface area (Å²) in [7, 11) is 1.78. The molecule has 0 spiro atoms. The van der Waals surface area contributed by atoms with Crippen LogP contribution in [-0.2, 0) is 18.4 Å². The maximum Gasteiger partial charge on any atom is 0.328 e. The molecular weight excluding hydrogens is 364 g/mol. The van der Waals surface area contributed by atoms with Crippen molar-refractivity contribution < 1.29 is 4.79 Å². The van der Waals surface area contributed by atoms with Gasteiger partial charge in [-0.15, -0.1) is 12.4 Å². The van der Waals surface area contributed by atoms with E-state index >= 15 is 0 Å². The number of nitrogens with zero attached hydrogens (tertiary/aromatic N) is 3. The standard InChI is InChI=1S/C20H28N4O2.ClH/c1-22-17-4-2-3-5-18(17)24(20(22)26)13-10-19(25)23-11-8-16(9-12-23)21-14-15-6-7-15;/h2-5,15-16,21H,6-14H2,1H3;1H. The Bertz CT molecular complexity index is 847. The fourth-order valence-corrected chi connectivity index (χ4v) is 3.93. The Labute approximate surface area is 165 Å². The van der Waals surface area contributed by atoms with Crippen LogP contribution < -0.4 is 11.0 Å². The molecule has 2 aromatic rings. The van der Waals surface area contributed by atoms with Crippen LogP contribution in [0.15, 0.2) is 29.1 Å². The van der Waals surface area contributed by atoms with Gasteiger partial charge in [0.25, 0.3) is 0 Å². The second-order valence-corrected chi connectivity index (χ2v) is 7.74. The number of aryl methyl sites for hydroxylation is 2. The van der Waals surface area contributed by atoms with Gasteiger partial charge >= 0.3 is 5.69 Å². The second-order valence-electron chi connectivity index (χ2n) is 7.74. The number of carbonyl (C=O) groups is 1. The highest BCUT2D eigenvalue weighted by atomic mass is 35.5. The molecule has 0 unspecified atom stereocenters. The Morgan fingerprint density at radius 3 is 2.44 bits per heavy atom. The van der Waals surface area contributed by atoms with Gasteiger partial charge < -0.3 is 10.2 Å². The third kappa shape index (κ3) is 4.38. The SMILES string of the molecule is Cl.Cn1c(=O)n(CCC(=O)N2CCC(NCC3CC3)CC2)c2ccccc21. The van der Waals surface area contributed by atoms with Gasteiger partial charge in [-0.25, -0.2) is 4.79 Å². The summed E-state index contributed by atoms with van der Waals surface area (Å²) in [6.45, 7) is 3.23. The number of piperidine rings is 1. The van der Waals surface area contributed by atoms with Crippen LogP contribution in [0.3, 0.4) is 0 Å². The monoisotopic (exact) mass is 392 g/mol. The van der Waals surface area contributed by atoms with E-state index in [2.05, 4.69) is 5.32 Å². The zero-order chi connectivity index (χ0) is 18.1. The van der Waals surface area contributed by atoms with Crippen LogP contribution in [0.5, 0.6) is 0 Å². The number of para-hydroxylation sites is 2. The lowest BCUT2D eigenvalue weighted by molar-refractivity contribution is -0.132. The van der Waals surface area contributed by atoms with Crippen LogP contribution in [-0.4, -0.2) is 45.6 Å². The van der Waals surface area contributed by atoms with Crippen LogP contribution >= 0.6 is 12.4 Å².